The van der Waals surface area contributed by atoms with Crippen molar-refractivity contribution in [1.82, 2.24) is 10.2 Å². The van der Waals surface area contributed by atoms with Gasteiger partial charge in [-0.2, -0.15) is 0 Å². The lowest BCUT2D eigenvalue weighted by molar-refractivity contribution is -0.122. The maximum absolute atomic E-state index is 12.5. The first-order valence-electron chi connectivity index (χ1n) is 11.7. The Balaban J connectivity index is 2.54. The summed E-state index contributed by atoms with van der Waals surface area (Å²) in [6, 6.07) is -0.170. The Morgan fingerprint density at radius 3 is 2.17 bits per heavy atom. The fourth-order valence-electron chi connectivity index (χ4n) is 3.49. The van der Waals surface area contributed by atoms with Crippen LogP contribution >= 0.6 is 0 Å². The van der Waals surface area contributed by atoms with Gasteiger partial charge in [0.2, 0.25) is 5.91 Å². The van der Waals surface area contributed by atoms with E-state index in [0.717, 1.165) is 38.5 Å². The summed E-state index contributed by atoms with van der Waals surface area (Å²) in [6.07, 6.45) is 10.2. The van der Waals surface area contributed by atoms with Crippen LogP contribution in [-0.2, 0) is 14.3 Å². The number of carbonyl (C=O) groups is 2. The molecule has 1 aliphatic rings. The summed E-state index contributed by atoms with van der Waals surface area (Å²) in [4.78, 5) is 26.5. The lowest BCUT2D eigenvalue weighted by atomic mass is 10.1. The zero-order valence-electron chi connectivity index (χ0n) is 19.4. The molecule has 0 aliphatic carbocycles. The quantitative estimate of drug-likeness (QED) is 0.430. The average Bonchev–Trinajstić information content (AvgIpc) is 3.03. The van der Waals surface area contributed by atoms with E-state index >= 15 is 0 Å². The van der Waals surface area contributed by atoms with Crippen LogP contribution in [0.25, 0.3) is 0 Å². The first-order valence-corrected chi connectivity index (χ1v) is 11.7. The predicted octanol–water partition coefficient (Wildman–Crippen LogP) is 5.05. The van der Waals surface area contributed by atoms with E-state index in [9.17, 15) is 9.59 Å². The summed E-state index contributed by atoms with van der Waals surface area (Å²) in [6.45, 7) is 11.5. The number of rotatable bonds is 13. The number of nitrogens with one attached hydrogen (secondary N) is 1. The highest BCUT2D eigenvalue weighted by atomic mass is 16.6. The summed E-state index contributed by atoms with van der Waals surface area (Å²) < 4.78 is 11.6. The second kappa shape index (κ2) is 13.8. The third-order valence-electron chi connectivity index (χ3n) is 5.10. The fraction of sp³-hybridized carbons (Fsp3) is 0.913. The van der Waals surface area contributed by atoms with Crippen LogP contribution in [0, 0.1) is 0 Å². The third kappa shape index (κ3) is 11.5. The number of carbonyl (C=O) groups excluding carboxylic acids is 2. The van der Waals surface area contributed by atoms with Gasteiger partial charge in [0.05, 0.1) is 18.7 Å². The molecule has 1 fully saturated rings. The number of amides is 2. The molecule has 1 saturated heterocycles. The number of unbranched alkanes of at least 4 members (excludes halogenated alkanes) is 7. The molecule has 0 bridgehead atoms. The first-order chi connectivity index (χ1) is 13.8. The SMILES string of the molecule is CCCCCCCO[C@@H]1CN(C(=O)OC(C)(C)C)C[C@H]1NC(=O)CCCCCC. The van der Waals surface area contributed by atoms with Gasteiger partial charge in [0, 0.05) is 19.6 Å². The number of likely N-dealkylation sites (tertiary alicyclic amines) is 1. The normalized spacial score (nSPS) is 19.4. The summed E-state index contributed by atoms with van der Waals surface area (Å²) in [7, 11) is 0. The molecule has 1 aliphatic heterocycles. The van der Waals surface area contributed by atoms with Gasteiger partial charge in [0.15, 0.2) is 0 Å². The molecule has 170 valence electrons. The Bertz CT molecular complexity index is 476. The van der Waals surface area contributed by atoms with Crippen molar-refractivity contribution in [3.05, 3.63) is 0 Å². The predicted molar refractivity (Wildman–Crippen MR) is 117 cm³/mol. The van der Waals surface area contributed by atoms with Gasteiger partial charge in [0.25, 0.3) is 0 Å². The van der Waals surface area contributed by atoms with E-state index < -0.39 is 5.60 Å². The molecular weight excluding hydrogens is 368 g/mol. The number of nitrogens with zero attached hydrogens (tertiary/aromatic N) is 1. The minimum atomic E-state index is -0.534. The van der Waals surface area contributed by atoms with Crippen LogP contribution in [0.3, 0.4) is 0 Å². The monoisotopic (exact) mass is 412 g/mol. The summed E-state index contributed by atoms with van der Waals surface area (Å²) >= 11 is 0. The number of hydrogen-bond donors (Lipinski definition) is 1. The van der Waals surface area contributed by atoms with Gasteiger partial charge in [-0.25, -0.2) is 4.79 Å². The molecule has 6 nitrogen and oxygen atoms in total. The van der Waals surface area contributed by atoms with Gasteiger partial charge < -0.3 is 19.7 Å². The molecule has 0 spiro atoms. The topological polar surface area (TPSA) is 67.9 Å². The standard InChI is InChI=1S/C23H44N2O4/c1-6-8-10-12-14-16-28-20-18-25(22(27)29-23(3,4)5)17-19(20)24-21(26)15-13-11-9-7-2/h19-20H,6-18H2,1-5H3,(H,24,26)/t19-,20-/m1/s1. The minimum absolute atomic E-state index is 0.0497. The van der Waals surface area contributed by atoms with E-state index in [4.69, 9.17) is 9.47 Å². The Labute approximate surface area is 178 Å². The Hall–Kier alpha value is -1.30. The second-order valence-electron chi connectivity index (χ2n) is 9.19. The maximum atomic E-state index is 12.5. The highest BCUT2D eigenvalue weighted by Gasteiger charge is 2.38. The molecule has 2 amide bonds. The van der Waals surface area contributed by atoms with Gasteiger partial charge in [-0.15, -0.1) is 0 Å². The van der Waals surface area contributed by atoms with Crippen molar-refractivity contribution in [2.45, 2.75) is 117 Å². The first kappa shape index (κ1) is 25.7. The van der Waals surface area contributed by atoms with Crippen LogP contribution in [-0.4, -0.2) is 54.3 Å². The van der Waals surface area contributed by atoms with Crippen molar-refractivity contribution >= 4 is 12.0 Å². The van der Waals surface area contributed by atoms with Gasteiger partial charge in [-0.1, -0.05) is 58.8 Å². The smallest absolute Gasteiger partial charge is 0.410 e. The zero-order chi connectivity index (χ0) is 21.7. The largest absolute Gasteiger partial charge is 0.444 e. The molecule has 2 atom stereocenters. The van der Waals surface area contributed by atoms with Gasteiger partial charge in [-0.05, 0) is 33.6 Å². The minimum Gasteiger partial charge on any atom is -0.444 e. The van der Waals surface area contributed by atoms with E-state index in [2.05, 4.69) is 19.2 Å². The maximum Gasteiger partial charge on any atom is 0.410 e. The van der Waals surface area contributed by atoms with Crippen molar-refractivity contribution in [2.75, 3.05) is 19.7 Å². The Morgan fingerprint density at radius 1 is 0.931 bits per heavy atom. The molecule has 0 saturated carbocycles. The van der Waals surface area contributed by atoms with Crippen LogP contribution in [0.1, 0.15) is 98.8 Å². The van der Waals surface area contributed by atoms with E-state index in [-0.39, 0.29) is 24.1 Å². The van der Waals surface area contributed by atoms with Crippen LogP contribution in [0.4, 0.5) is 4.79 Å². The van der Waals surface area contributed by atoms with E-state index in [1.54, 1.807) is 4.90 Å². The molecule has 0 aromatic rings. The zero-order valence-corrected chi connectivity index (χ0v) is 19.4. The lowest BCUT2D eigenvalue weighted by Gasteiger charge is -2.24. The highest BCUT2D eigenvalue weighted by molar-refractivity contribution is 5.76. The van der Waals surface area contributed by atoms with Crippen LogP contribution in [0.2, 0.25) is 0 Å². The fourth-order valence-corrected chi connectivity index (χ4v) is 3.49. The van der Waals surface area contributed by atoms with Crippen LogP contribution in [0.5, 0.6) is 0 Å². The summed E-state index contributed by atoms with van der Waals surface area (Å²) in [5, 5.41) is 3.10. The molecule has 6 heteroatoms. The van der Waals surface area contributed by atoms with Crippen molar-refractivity contribution in [1.29, 1.82) is 0 Å². The molecule has 0 radical (unpaired) electrons. The van der Waals surface area contributed by atoms with Crippen molar-refractivity contribution in [3.8, 4) is 0 Å². The molecule has 1 heterocycles. The van der Waals surface area contributed by atoms with Gasteiger partial charge >= 0.3 is 6.09 Å². The number of ether oxygens (including phenoxy) is 2. The second-order valence-corrected chi connectivity index (χ2v) is 9.19. The van der Waals surface area contributed by atoms with Crippen molar-refractivity contribution < 1.29 is 19.1 Å². The average molecular weight is 413 g/mol. The van der Waals surface area contributed by atoms with Gasteiger partial charge in [0.1, 0.15) is 5.60 Å². The van der Waals surface area contributed by atoms with E-state index in [1.165, 1.54) is 19.3 Å². The molecular formula is C23H44N2O4. The Morgan fingerprint density at radius 2 is 1.55 bits per heavy atom. The van der Waals surface area contributed by atoms with Gasteiger partial charge in [-0.3, -0.25) is 4.79 Å². The molecule has 29 heavy (non-hydrogen) atoms. The highest BCUT2D eigenvalue weighted by Crippen LogP contribution is 2.19. The summed E-state index contributed by atoms with van der Waals surface area (Å²) in [5.41, 5.74) is -0.534. The molecule has 0 aromatic heterocycles. The van der Waals surface area contributed by atoms with Crippen molar-refractivity contribution in [3.63, 3.8) is 0 Å². The number of hydrogen-bond acceptors (Lipinski definition) is 4. The molecule has 0 aromatic carbocycles. The lowest BCUT2D eigenvalue weighted by Crippen LogP contribution is -2.44. The van der Waals surface area contributed by atoms with E-state index in [0.29, 0.717) is 26.1 Å². The van der Waals surface area contributed by atoms with Crippen LogP contribution in [0.15, 0.2) is 0 Å². The molecule has 0 unspecified atom stereocenters. The summed E-state index contributed by atoms with van der Waals surface area (Å²) in [5.74, 6) is 0.0497. The molecule has 1 rings (SSSR count). The Kier molecular flexibility index (Phi) is 12.3. The molecule has 1 N–H and O–H groups in total. The van der Waals surface area contributed by atoms with E-state index in [1.807, 2.05) is 20.8 Å². The van der Waals surface area contributed by atoms with Crippen LogP contribution < -0.4 is 5.32 Å². The van der Waals surface area contributed by atoms with Crippen molar-refractivity contribution in [2.24, 2.45) is 0 Å². The third-order valence-corrected chi connectivity index (χ3v) is 5.10.